The van der Waals surface area contributed by atoms with Crippen molar-refractivity contribution in [3.63, 3.8) is 0 Å². The number of halogens is 1. The Morgan fingerprint density at radius 1 is 1.05 bits per heavy atom. The average Bonchev–Trinajstić information content (AvgIpc) is 2.40. The molecule has 0 aromatic heterocycles. The van der Waals surface area contributed by atoms with Crippen LogP contribution in [0.4, 0.5) is 0 Å². The lowest BCUT2D eigenvalue weighted by molar-refractivity contribution is 0.405. The molecule has 0 spiro atoms. The van der Waals surface area contributed by atoms with Gasteiger partial charge in [0.2, 0.25) is 0 Å². The third kappa shape index (κ3) is 3.22. The molecule has 0 saturated carbocycles. The summed E-state index contributed by atoms with van der Waals surface area (Å²) in [7, 11) is 3.68. The molecule has 0 aliphatic carbocycles. The molecular formula is C17H20BrNO. The summed E-state index contributed by atoms with van der Waals surface area (Å²) in [4.78, 5) is 0. The van der Waals surface area contributed by atoms with Crippen LogP contribution in [0.1, 0.15) is 28.3 Å². The van der Waals surface area contributed by atoms with Crippen molar-refractivity contribution >= 4 is 15.9 Å². The second-order valence-corrected chi connectivity index (χ2v) is 5.94. The Morgan fingerprint density at radius 3 is 2.25 bits per heavy atom. The zero-order valence-corrected chi connectivity index (χ0v) is 13.9. The second-order valence-electron chi connectivity index (χ2n) is 5.03. The van der Waals surface area contributed by atoms with Crippen molar-refractivity contribution in [2.45, 2.75) is 19.9 Å². The highest BCUT2D eigenvalue weighted by atomic mass is 79.9. The summed E-state index contributed by atoms with van der Waals surface area (Å²) in [5.74, 6) is 0.887. The van der Waals surface area contributed by atoms with Gasteiger partial charge in [-0.3, -0.25) is 0 Å². The molecule has 0 saturated heterocycles. The number of methoxy groups -OCH3 is 1. The molecule has 0 fully saturated rings. The monoisotopic (exact) mass is 333 g/mol. The van der Waals surface area contributed by atoms with Crippen LogP contribution < -0.4 is 10.1 Å². The number of rotatable bonds is 4. The molecular weight excluding hydrogens is 314 g/mol. The summed E-state index contributed by atoms with van der Waals surface area (Å²) in [5.41, 5.74) is 4.95. The van der Waals surface area contributed by atoms with Crippen molar-refractivity contribution in [1.82, 2.24) is 5.32 Å². The van der Waals surface area contributed by atoms with Crippen molar-refractivity contribution in [3.8, 4) is 5.75 Å². The Kier molecular flexibility index (Phi) is 4.84. The molecule has 0 amide bonds. The molecule has 0 heterocycles. The summed E-state index contributed by atoms with van der Waals surface area (Å²) in [6.45, 7) is 4.25. The Morgan fingerprint density at radius 2 is 1.70 bits per heavy atom. The molecule has 0 bridgehead atoms. The third-order valence-electron chi connectivity index (χ3n) is 3.37. The van der Waals surface area contributed by atoms with E-state index in [2.05, 4.69) is 59.4 Å². The van der Waals surface area contributed by atoms with E-state index in [-0.39, 0.29) is 6.04 Å². The van der Waals surface area contributed by atoms with E-state index in [1.54, 1.807) is 7.11 Å². The maximum Gasteiger partial charge on any atom is 0.125 e. The largest absolute Gasteiger partial charge is 0.496 e. The van der Waals surface area contributed by atoms with Gasteiger partial charge < -0.3 is 10.1 Å². The first-order chi connectivity index (χ1) is 9.55. The van der Waals surface area contributed by atoms with Gasteiger partial charge in [-0.25, -0.2) is 0 Å². The van der Waals surface area contributed by atoms with E-state index in [0.29, 0.717) is 0 Å². The Labute approximate surface area is 129 Å². The Bertz CT molecular complexity index is 590. The van der Waals surface area contributed by atoms with Crippen molar-refractivity contribution in [2.75, 3.05) is 14.2 Å². The first kappa shape index (κ1) is 15.1. The van der Waals surface area contributed by atoms with E-state index in [9.17, 15) is 0 Å². The van der Waals surface area contributed by atoms with E-state index in [1.165, 1.54) is 16.7 Å². The van der Waals surface area contributed by atoms with Gasteiger partial charge in [-0.1, -0.05) is 51.3 Å². The normalized spacial score (nSPS) is 12.2. The Balaban J connectivity index is 2.52. The molecule has 0 aliphatic heterocycles. The molecule has 0 radical (unpaired) electrons. The molecule has 0 aliphatic rings. The Hall–Kier alpha value is -1.32. The van der Waals surface area contributed by atoms with Crippen molar-refractivity contribution < 1.29 is 4.74 Å². The zero-order valence-electron chi connectivity index (χ0n) is 12.3. The second kappa shape index (κ2) is 6.42. The van der Waals surface area contributed by atoms with Gasteiger partial charge in [0.25, 0.3) is 0 Å². The number of hydrogen-bond donors (Lipinski definition) is 1. The first-order valence-corrected chi connectivity index (χ1v) is 7.43. The van der Waals surface area contributed by atoms with Crippen LogP contribution in [0.25, 0.3) is 0 Å². The number of benzene rings is 2. The van der Waals surface area contributed by atoms with Crippen molar-refractivity contribution in [2.24, 2.45) is 0 Å². The molecule has 1 unspecified atom stereocenters. The quantitative estimate of drug-likeness (QED) is 0.896. The molecule has 1 atom stereocenters. The number of aryl methyl sites for hydroxylation is 2. The summed E-state index contributed by atoms with van der Waals surface area (Å²) in [6.07, 6.45) is 0. The minimum Gasteiger partial charge on any atom is -0.496 e. The predicted molar refractivity (Wildman–Crippen MR) is 87.5 cm³/mol. The van der Waals surface area contributed by atoms with Gasteiger partial charge in [0.15, 0.2) is 0 Å². The van der Waals surface area contributed by atoms with Gasteiger partial charge in [0, 0.05) is 10.0 Å². The molecule has 1 N–H and O–H groups in total. The highest BCUT2D eigenvalue weighted by Gasteiger charge is 2.17. The van der Waals surface area contributed by atoms with Crippen LogP contribution in [0.2, 0.25) is 0 Å². The fourth-order valence-electron chi connectivity index (χ4n) is 2.60. The van der Waals surface area contributed by atoms with Crippen molar-refractivity contribution in [3.05, 3.63) is 63.1 Å². The van der Waals surface area contributed by atoms with Gasteiger partial charge in [0.05, 0.1) is 13.2 Å². The SMILES string of the molecule is CNC(c1cc(C)cc(C)c1)c1ccc(Br)cc1OC. The minimum atomic E-state index is 0.122. The third-order valence-corrected chi connectivity index (χ3v) is 3.87. The summed E-state index contributed by atoms with van der Waals surface area (Å²) >= 11 is 3.49. The van der Waals surface area contributed by atoms with Gasteiger partial charge >= 0.3 is 0 Å². The smallest absolute Gasteiger partial charge is 0.125 e. The summed E-state index contributed by atoms with van der Waals surface area (Å²) in [6, 6.07) is 12.9. The first-order valence-electron chi connectivity index (χ1n) is 6.64. The average molecular weight is 334 g/mol. The fourth-order valence-corrected chi connectivity index (χ4v) is 2.94. The number of hydrogen-bond acceptors (Lipinski definition) is 2. The van der Waals surface area contributed by atoms with E-state index >= 15 is 0 Å². The predicted octanol–water partition coefficient (Wildman–Crippen LogP) is 4.38. The van der Waals surface area contributed by atoms with Crippen LogP contribution in [0.15, 0.2) is 40.9 Å². The molecule has 20 heavy (non-hydrogen) atoms. The van der Waals surface area contributed by atoms with Crippen LogP contribution in [0, 0.1) is 13.8 Å². The highest BCUT2D eigenvalue weighted by Crippen LogP contribution is 2.32. The number of ether oxygens (including phenoxy) is 1. The molecule has 2 aromatic rings. The topological polar surface area (TPSA) is 21.3 Å². The van der Waals surface area contributed by atoms with Gasteiger partial charge in [-0.05, 0) is 38.6 Å². The van der Waals surface area contributed by atoms with Gasteiger partial charge in [-0.15, -0.1) is 0 Å². The minimum absolute atomic E-state index is 0.122. The fraction of sp³-hybridized carbons (Fsp3) is 0.294. The zero-order chi connectivity index (χ0) is 14.7. The standard InChI is InChI=1S/C17H20BrNO/c1-11-7-12(2)9-13(8-11)17(19-3)15-6-5-14(18)10-16(15)20-4/h5-10,17,19H,1-4H3. The number of nitrogens with one attached hydrogen (secondary N) is 1. The lowest BCUT2D eigenvalue weighted by Crippen LogP contribution is -2.18. The van der Waals surface area contributed by atoms with E-state index in [1.807, 2.05) is 19.2 Å². The van der Waals surface area contributed by atoms with Crippen LogP contribution in [-0.4, -0.2) is 14.2 Å². The van der Waals surface area contributed by atoms with E-state index < -0.39 is 0 Å². The molecule has 2 nitrogen and oxygen atoms in total. The molecule has 3 heteroatoms. The maximum absolute atomic E-state index is 5.52. The lowest BCUT2D eigenvalue weighted by atomic mass is 9.95. The van der Waals surface area contributed by atoms with Crippen LogP contribution in [0.5, 0.6) is 5.75 Å². The highest BCUT2D eigenvalue weighted by molar-refractivity contribution is 9.10. The van der Waals surface area contributed by atoms with Crippen LogP contribution >= 0.6 is 15.9 Å². The van der Waals surface area contributed by atoms with Gasteiger partial charge in [0.1, 0.15) is 5.75 Å². The van der Waals surface area contributed by atoms with Gasteiger partial charge in [-0.2, -0.15) is 0 Å². The maximum atomic E-state index is 5.52. The summed E-state index contributed by atoms with van der Waals surface area (Å²) in [5, 5.41) is 3.39. The van der Waals surface area contributed by atoms with Crippen LogP contribution in [-0.2, 0) is 0 Å². The van der Waals surface area contributed by atoms with E-state index in [0.717, 1.165) is 15.8 Å². The molecule has 106 valence electrons. The van der Waals surface area contributed by atoms with E-state index in [4.69, 9.17) is 4.74 Å². The molecule has 2 rings (SSSR count). The lowest BCUT2D eigenvalue weighted by Gasteiger charge is -2.21. The van der Waals surface area contributed by atoms with Crippen molar-refractivity contribution in [1.29, 1.82) is 0 Å². The summed E-state index contributed by atoms with van der Waals surface area (Å²) < 4.78 is 6.54. The molecule has 2 aromatic carbocycles. The van der Waals surface area contributed by atoms with Crippen LogP contribution in [0.3, 0.4) is 0 Å².